The summed E-state index contributed by atoms with van der Waals surface area (Å²) in [5, 5.41) is 3.80. The van der Waals surface area contributed by atoms with Crippen LogP contribution < -0.4 is 5.32 Å². The number of unbranched alkanes of at least 4 members (excludes halogenated alkanes) is 2. The summed E-state index contributed by atoms with van der Waals surface area (Å²) in [6, 6.07) is 8.85. The first-order chi connectivity index (χ1) is 25.1. The number of hydrogen-bond donors (Lipinski definition) is 1. The lowest BCUT2D eigenvalue weighted by Gasteiger charge is -2.26. The van der Waals surface area contributed by atoms with Crippen molar-refractivity contribution in [2.24, 2.45) is 17.3 Å². The highest BCUT2D eigenvalue weighted by molar-refractivity contribution is 6.30. The molecule has 2 aliphatic rings. The quantitative estimate of drug-likeness (QED) is 0.151. The van der Waals surface area contributed by atoms with Gasteiger partial charge in [0, 0.05) is 44.3 Å². The van der Waals surface area contributed by atoms with Crippen molar-refractivity contribution in [3.8, 4) is 0 Å². The van der Waals surface area contributed by atoms with Crippen LogP contribution in [-0.2, 0) is 19.1 Å². The van der Waals surface area contributed by atoms with Crippen LogP contribution >= 0.6 is 11.6 Å². The van der Waals surface area contributed by atoms with Crippen molar-refractivity contribution in [1.82, 2.24) is 10.2 Å². The molecular formula is C46H89ClN2O4. The van der Waals surface area contributed by atoms with Crippen molar-refractivity contribution in [2.45, 2.75) is 199 Å². The predicted molar refractivity (Wildman–Crippen MR) is 234 cm³/mol. The molecule has 0 spiro atoms. The maximum absolute atomic E-state index is 10.7. The Morgan fingerprint density at radius 1 is 0.906 bits per heavy atom. The van der Waals surface area contributed by atoms with Crippen molar-refractivity contribution in [1.29, 1.82) is 0 Å². The molecule has 6 nitrogen and oxygen atoms in total. The van der Waals surface area contributed by atoms with Crippen LogP contribution in [0.15, 0.2) is 24.3 Å². The second kappa shape index (κ2) is 41.2. The molecule has 0 aromatic heterocycles. The zero-order valence-corrected chi connectivity index (χ0v) is 38.2. The van der Waals surface area contributed by atoms with Crippen LogP contribution in [0, 0.1) is 17.3 Å². The molecule has 1 aliphatic heterocycles. The van der Waals surface area contributed by atoms with E-state index in [1.807, 2.05) is 26.0 Å². The van der Waals surface area contributed by atoms with E-state index in [2.05, 4.69) is 86.7 Å². The fraction of sp³-hybridized carbons (Fsp3) is 0.804. The molecule has 1 saturated heterocycles. The summed E-state index contributed by atoms with van der Waals surface area (Å²) in [6.45, 7) is 33.1. The van der Waals surface area contributed by atoms with Gasteiger partial charge in [-0.05, 0) is 112 Å². The third-order valence-electron chi connectivity index (χ3n) is 8.32. The summed E-state index contributed by atoms with van der Waals surface area (Å²) < 4.78 is 5.28. The number of rotatable bonds is 14. The zero-order valence-electron chi connectivity index (χ0n) is 37.5. The van der Waals surface area contributed by atoms with Crippen LogP contribution in [0.3, 0.4) is 0 Å². The van der Waals surface area contributed by atoms with E-state index in [1.54, 1.807) is 11.8 Å². The van der Waals surface area contributed by atoms with Gasteiger partial charge in [-0.3, -0.25) is 9.59 Å². The third-order valence-corrected chi connectivity index (χ3v) is 8.57. The molecule has 2 atom stereocenters. The van der Waals surface area contributed by atoms with Crippen molar-refractivity contribution in [2.75, 3.05) is 26.3 Å². The molecule has 2 unspecified atom stereocenters. The minimum atomic E-state index is 0.115. The number of likely N-dealkylation sites (tertiary alicyclic amines) is 1. The highest BCUT2D eigenvalue weighted by Gasteiger charge is 2.18. The van der Waals surface area contributed by atoms with Crippen LogP contribution in [-0.4, -0.2) is 55.8 Å². The Balaban J connectivity index is -0.000000287. The topological polar surface area (TPSA) is 75.7 Å². The van der Waals surface area contributed by atoms with E-state index in [0.717, 1.165) is 62.3 Å². The van der Waals surface area contributed by atoms with E-state index >= 15 is 0 Å². The van der Waals surface area contributed by atoms with Crippen LogP contribution in [0.25, 0.3) is 0 Å². The lowest BCUT2D eigenvalue weighted by molar-refractivity contribution is -0.120. The third kappa shape index (κ3) is 46.2. The number of carbonyl (C=O) groups is 3. The zero-order chi connectivity index (χ0) is 41.5. The van der Waals surface area contributed by atoms with E-state index < -0.39 is 0 Å². The van der Waals surface area contributed by atoms with E-state index in [1.165, 1.54) is 96.0 Å². The standard InChI is InChI=1S/C15H23Cl.C9H17NO.C8H18O.C5H9NO.C5H12.C2H4O.C2H6/c1-4-6-14(11-12(3)5-2)13-7-9-15(16)10-8-13;1-7-3-5-9(6-4-7)10-8(2)11;1-3-5-6-8-9-7-4-2;7-5-6-3-1-2-4-6;1-5(2,3)4;1-2-3;1-2/h7-10,12,14H,4-6,11H2,1-3H3;7,9H,3-6H2,1-2H3,(H,10,11);3-8H2,1-2H3;5H,1-4H2;1-4H3;2H,1H3;1-2H3. The summed E-state index contributed by atoms with van der Waals surface area (Å²) in [6.07, 6.45) is 19.0. The maximum atomic E-state index is 10.7. The van der Waals surface area contributed by atoms with Crippen molar-refractivity contribution in [3.05, 3.63) is 34.9 Å². The molecule has 2 amide bonds. The van der Waals surface area contributed by atoms with Gasteiger partial charge in [0.2, 0.25) is 12.3 Å². The number of nitrogens with zero attached hydrogens (tertiary/aromatic N) is 1. The van der Waals surface area contributed by atoms with Gasteiger partial charge in [-0.2, -0.15) is 0 Å². The van der Waals surface area contributed by atoms with Gasteiger partial charge < -0.3 is 19.7 Å². The number of nitrogens with one attached hydrogen (secondary N) is 1. The highest BCUT2D eigenvalue weighted by Crippen LogP contribution is 2.30. The summed E-state index contributed by atoms with van der Waals surface area (Å²) in [4.78, 5) is 31.2. The van der Waals surface area contributed by atoms with E-state index in [4.69, 9.17) is 21.1 Å². The average molecular weight is 770 g/mol. The molecule has 1 aromatic carbocycles. The number of amides is 2. The predicted octanol–water partition coefficient (Wildman–Crippen LogP) is 13.5. The number of halogens is 1. The molecule has 1 N–H and O–H groups in total. The Kier molecular flexibility index (Phi) is 45.0. The van der Waals surface area contributed by atoms with Gasteiger partial charge in [-0.25, -0.2) is 0 Å². The molecular weight excluding hydrogens is 680 g/mol. The Hall–Kier alpha value is -1.92. The SMILES string of the molecule is CC.CC(=O)NC1CCC(C)CC1.CC(C)(C)C.CC=O.CCCC(CC(C)CC)c1ccc(Cl)cc1.CCCCCOCCC.O=CN1CCCC1. The molecule has 314 valence electrons. The van der Waals surface area contributed by atoms with E-state index in [-0.39, 0.29) is 5.91 Å². The molecule has 3 rings (SSSR count). The van der Waals surface area contributed by atoms with Gasteiger partial charge in [0.25, 0.3) is 0 Å². The number of aldehydes is 1. The number of carbonyl (C=O) groups excluding carboxylic acids is 3. The highest BCUT2D eigenvalue weighted by atomic mass is 35.5. The summed E-state index contributed by atoms with van der Waals surface area (Å²) >= 11 is 5.93. The molecule has 7 heteroatoms. The minimum Gasteiger partial charge on any atom is -0.381 e. The largest absolute Gasteiger partial charge is 0.381 e. The second-order valence-corrected chi connectivity index (χ2v) is 16.3. The first-order valence-corrected chi connectivity index (χ1v) is 21.7. The van der Waals surface area contributed by atoms with E-state index in [0.29, 0.717) is 17.4 Å². The second-order valence-electron chi connectivity index (χ2n) is 15.8. The van der Waals surface area contributed by atoms with Crippen LogP contribution in [0.5, 0.6) is 0 Å². The lowest BCUT2D eigenvalue weighted by Crippen LogP contribution is -2.35. The van der Waals surface area contributed by atoms with Gasteiger partial charge in [-0.1, -0.05) is 133 Å². The van der Waals surface area contributed by atoms with Crippen molar-refractivity contribution < 1.29 is 19.1 Å². The van der Waals surface area contributed by atoms with Gasteiger partial charge in [0.1, 0.15) is 6.29 Å². The first-order valence-electron chi connectivity index (χ1n) is 21.3. The first kappa shape index (κ1) is 57.8. The normalized spacial score (nSPS) is 16.8. The Morgan fingerprint density at radius 2 is 1.42 bits per heavy atom. The molecule has 1 saturated carbocycles. The molecule has 2 fully saturated rings. The molecule has 1 aliphatic carbocycles. The molecule has 53 heavy (non-hydrogen) atoms. The Labute approximate surface area is 335 Å². The minimum absolute atomic E-state index is 0.115. The molecule has 1 aromatic rings. The Bertz CT molecular complexity index is 893. The van der Waals surface area contributed by atoms with Gasteiger partial charge in [-0.15, -0.1) is 0 Å². The van der Waals surface area contributed by atoms with Crippen LogP contribution in [0.4, 0.5) is 0 Å². The molecule has 1 heterocycles. The lowest BCUT2D eigenvalue weighted by atomic mass is 9.85. The fourth-order valence-electron chi connectivity index (χ4n) is 5.40. The van der Waals surface area contributed by atoms with Crippen LogP contribution in [0.2, 0.25) is 5.02 Å². The number of hydrogen-bond acceptors (Lipinski definition) is 4. The van der Waals surface area contributed by atoms with Crippen LogP contribution in [0.1, 0.15) is 198 Å². The molecule has 0 radical (unpaired) electrons. The van der Waals surface area contributed by atoms with Crippen molar-refractivity contribution >= 4 is 30.2 Å². The average Bonchev–Trinajstić information content (AvgIpc) is 3.65. The number of benzene rings is 1. The summed E-state index contributed by atoms with van der Waals surface area (Å²) in [5.41, 5.74) is 1.95. The van der Waals surface area contributed by atoms with Gasteiger partial charge >= 0.3 is 0 Å². The van der Waals surface area contributed by atoms with Gasteiger partial charge in [0.05, 0.1) is 0 Å². The number of ether oxygens (including phenoxy) is 1. The van der Waals surface area contributed by atoms with E-state index in [9.17, 15) is 9.59 Å². The van der Waals surface area contributed by atoms with Crippen molar-refractivity contribution in [3.63, 3.8) is 0 Å². The molecule has 0 bridgehead atoms. The van der Waals surface area contributed by atoms with Gasteiger partial charge in [0.15, 0.2) is 0 Å². The maximum Gasteiger partial charge on any atom is 0.217 e. The summed E-state index contributed by atoms with van der Waals surface area (Å²) in [7, 11) is 0. The smallest absolute Gasteiger partial charge is 0.217 e. The monoisotopic (exact) mass is 769 g/mol. The summed E-state index contributed by atoms with van der Waals surface area (Å²) in [5.74, 6) is 2.49. The fourth-order valence-corrected chi connectivity index (χ4v) is 5.52. The Morgan fingerprint density at radius 3 is 1.79 bits per heavy atom.